The van der Waals surface area contributed by atoms with E-state index >= 15 is 0 Å². The van der Waals surface area contributed by atoms with Gasteiger partial charge in [-0.3, -0.25) is 0 Å². The zero-order chi connectivity index (χ0) is 18.6. The smallest absolute Gasteiger partial charge is 0.139 e. The Hall–Kier alpha value is -2.18. The molecular weight excluding hydrogens is 358 g/mol. The second kappa shape index (κ2) is 8.23. The van der Waals surface area contributed by atoms with Gasteiger partial charge in [0.05, 0.1) is 12.5 Å². The predicted octanol–water partition coefficient (Wildman–Crippen LogP) is 4.72. The molecule has 27 heavy (non-hydrogen) atoms. The Morgan fingerprint density at radius 2 is 2.00 bits per heavy atom. The van der Waals surface area contributed by atoms with E-state index in [-0.39, 0.29) is 12.6 Å². The Bertz CT molecular complexity index is 888. The number of thiophene rings is 1. The van der Waals surface area contributed by atoms with Gasteiger partial charge in [0.25, 0.3) is 0 Å². The number of nitrogens with one attached hydrogen (secondary N) is 1. The summed E-state index contributed by atoms with van der Waals surface area (Å²) in [5.74, 6) is 2.32. The lowest BCUT2D eigenvalue weighted by Crippen LogP contribution is -2.29. The van der Waals surface area contributed by atoms with Crippen molar-refractivity contribution in [2.24, 2.45) is 5.92 Å². The van der Waals surface area contributed by atoms with E-state index in [1.54, 1.807) is 24.8 Å². The number of ether oxygens (including phenoxy) is 1. The van der Waals surface area contributed by atoms with Gasteiger partial charge >= 0.3 is 0 Å². The minimum atomic E-state index is 0.192. The molecule has 0 aliphatic heterocycles. The lowest BCUT2D eigenvalue weighted by molar-refractivity contribution is 0.261. The first kappa shape index (κ1) is 18.2. The number of aliphatic hydroxyl groups is 1. The van der Waals surface area contributed by atoms with Gasteiger partial charge in [-0.25, -0.2) is 9.97 Å². The van der Waals surface area contributed by atoms with Gasteiger partial charge in [-0.15, -0.1) is 11.3 Å². The average molecular weight is 384 g/mol. The van der Waals surface area contributed by atoms with Gasteiger partial charge in [-0.1, -0.05) is 25.0 Å². The molecule has 2 aromatic heterocycles. The summed E-state index contributed by atoms with van der Waals surface area (Å²) in [7, 11) is 1.68. The van der Waals surface area contributed by atoms with Crippen molar-refractivity contribution in [2.75, 3.05) is 19.0 Å². The van der Waals surface area contributed by atoms with Crippen LogP contribution in [0.1, 0.15) is 32.1 Å². The van der Waals surface area contributed by atoms with Crippen molar-refractivity contribution in [2.45, 2.75) is 38.1 Å². The normalized spacial score (nSPS) is 15.9. The third kappa shape index (κ3) is 3.77. The lowest BCUT2D eigenvalue weighted by atomic mass is 9.95. The molecule has 6 heteroatoms. The van der Waals surface area contributed by atoms with Crippen LogP contribution in [0.5, 0.6) is 5.75 Å². The standard InChI is InChI=1S/C21H25N3O2S/c1-26-16-8-6-14(7-9-16)17-12-27-21-19(17)20(22-13-23-21)24-18(10-11-25)15-4-2-3-5-15/h6-9,12-13,15,18,25H,2-5,10-11H2,1H3,(H,22,23,24). The summed E-state index contributed by atoms with van der Waals surface area (Å²) in [6.07, 6.45) is 7.38. The average Bonchev–Trinajstić information content (AvgIpc) is 3.38. The van der Waals surface area contributed by atoms with Crippen LogP contribution in [0.3, 0.4) is 0 Å². The molecule has 1 aromatic carbocycles. The molecule has 1 saturated carbocycles. The van der Waals surface area contributed by atoms with E-state index in [9.17, 15) is 5.11 Å². The Morgan fingerprint density at radius 1 is 1.22 bits per heavy atom. The maximum absolute atomic E-state index is 9.55. The maximum atomic E-state index is 9.55. The topological polar surface area (TPSA) is 67.3 Å². The van der Waals surface area contributed by atoms with Gasteiger partial charge in [0.15, 0.2) is 0 Å². The number of methoxy groups -OCH3 is 1. The molecule has 1 fully saturated rings. The molecule has 2 N–H and O–H groups in total. The van der Waals surface area contributed by atoms with E-state index in [4.69, 9.17) is 4.74 Å². The number of aromatic nitrogens is 2. The van der Waals surface area contributed by atoms with Crippen molar-refractivity contribution in [1.29, 1.82) is 0 Å². The SMILES string of the molecule is COc1ccc(-c2csc3ncnc(NC(CCO)C4CCCC4)c23)cc1. The first-order valence-corrected chi connectivity index (χ1v) is 10.4. The van der Waals surface area contributed by atoms with E-state index in [1.807, 2.05) is 12.1 Å². The Labute approximate surface area is 163 Å². The largest absolute Gasteiger partial charge is 0.497 e. The summed E-state index contributed by atoms with van der Waals surface area (Å²) < 4.78 is 5.28. The molecule has 0 amide bonds. The molecule has 1 aliphatic rings. The van der Waals surface area contributed by atoms with Crippen molar-refractivity contribution < 1.29 is 9.84 Å². The first-order chi connectivity index (χ1) is 13.3. The van der Waals surface area contributed by atoms with Crippen LogP contribution in [0.4, 0.5) is 5.82 Å². The predicted molar refractivity (Wildman–Crippen MR) is 110 cm³/mol. The van der Waals surface area contributed by atoms with Gasteiger partial charge < -0.3 is 15.2 Å². The second-order valence-electron chi connectivity index (χ2n) is 7.09. The van der Waals surface area contributed by atoms with Crippen LogP contribution in [0.15, 0.2) is 36.0 Å². The first-order valence-electron chi connectivity index (χ1n) is 9.54. The molecule has 3 aromatic rings. The number of fused-ring (bicyclic) bond motifs is 1. The minimum Gasteiger partial charge on any atom is -0.497 e. The summed E-state index contributed by atoms with van der Waals surface area (Å²) in [5.41, 5.74) is 2.26. The van der Waals surface area contributed by atoms with Crippen LogP contribution in [0.2, 0.25) is 0 Å². The van der Waals surface area contributed by atoms with Crippen LogP contribution in [0.25, 0.3) is 21.3 Å². The fourth-order valence-corrected chi connectivity index (χ4v) is 4.98. The van der Waals surface area contributed by atoms with Crippen LogP contribution >= 0.6 is 11.3 Å². The highest BCUT2D eigenvalue weighted by Crippen LogP contribution is 2.38. The van der Waals surface area contributed by atoms with E-state index < -0.39 is 0 Å². The fourth-order valence-electron chi connectivity index (χ4n) is 4.07. The number of hydrogen-bond donors (Lipinski definition) is 2. The van der Waals surface area contributed by atoms with E-state index in [0.717, 1.165) is 39.3 Å². The number of rotatable bonds is 7. The molecule has 0 radical (unpaired) electrons. The summed E-state index contributed by atoms with van der Waals surface area (Å²) in [6.45, 7) is 0.192. The highest BCUT2D eigenvalue weighted by atomic mass is 32.1. The van der Waals surface area contributed by atoms with Gasteiger partial charge in [-0.2, -0.15) is 0 Å². The summed E-state index contributed by atoms with van der Waals surface area (Å²) in [5, 5.41) is 16.4. The summed E-state index contributed by atoms with van der Waals surface area (Å²) in [4.78, 5) is 10.0. The molecule has 1 unspecified atom stereocenters. The third-order valence-corrected chi connectivity index (χ3v) is 6.39. The number of aliphatic hydroxyl groups excluding tert-OH is 1. The molecule has 0 bridgehead atoms. The Kier molecular flexibility index (Phi) is 5.55. The van der Waals surface area contributed by atoms with Crippen LogP contribution in [-0.4, -0.2) is 34.8 Å². The van der Waals surface area contributed by atoms with Crippen LogP contribution in [-0.2, 0) is 0 Å². The number of hydrogen-bond acceptors (Lipinski definition) is 6. The second-order valence-corrected chi connectivity index (χ2v) is 7.95. The van der Waals surface area contributed by atoms with E-state index in [0.29, 0.717) is 5.92 Å². The Balaban J connectivity index is 1.70. The van der Waals surface area contributed by atoms with Crippen molar-refractivity contribution in [3.8, 4) is 16.9 Å². The van der Waals surface area contributed by atoms with Gasteiger partial charge in [0.2, 0.25) is 0 Å². The number of nitrogens with zero attached hydrogens (tertiary/aromatic N) is 2. The molecular formula is C21H25N3O2S. The van der Waals surface area contributed by atoms with Crippen molar-refractivity contribution in [3.05, 3.63) is 36.0 Å². The lowest BCUT2D eigenvalue weighted by Gasteiger charge is -2.25. The van der Waals surface area contributed by atoms with Crippen molar-refractivity contribution in [1.82, 2.24) is 9.97 Å². The van der Waals surface area contributed by atoms with Crippen LogP contribution in [0, 0.1) is 5.92 Å². The van der Waals surface area contributed by atoms with Crippen molar-refractivity contribution >= 4 is 27.4 Å². The molecule has 2 heterocycles. The fraction of sp³-hybridized carbons (Fsp3) is 0.429. The quantitative estimate of drug-likeness (QED) is 0.618. The summed E-state index contributed by atoms with van der Waals surface area (Å²) in [6, 6.07) is 8.34. The third-order valence-electron chi connectivity index (χ3n) is 5.50. The molecule has 4 rings (SSSR count). The van der Waals surface area contributed by atoms with Gasteiger partial charge in [0.1, 0.15) is 22.7 Å². The van der Waals surface area contributed by atoms with Crippen molar-refractivity contribution in [3.63, 3.8) is 0 Å². The minimum absolute atomic E-state index is 0.192. The maximum Gasteiger partial charge on any atom is 0.139 e. The van der Waals surface area contributed by atoms with Crippen LogP contribution < -0.4 is 10.1 Å². The highest BCUT2D eigenvalue weighted by Gasteiger charge is 2.26. The molecule has 5 nitrogen and oxygen atoms in total. The monoisotopic (exact) mass is 383 g/mol. The van der Waals surface area contributed by atoms with Gasteiger partial charge in [0, 0.05) is 23.6 Å². The Morgan fingerprint density at radius 3 is 2.70 bits per heavy atom. The molecule has 142 valence electrons. The highest BCUT2D eigenvalue weighted by molar-refractivity contribution is 7.17. The van der Waals surface area contributed by atoms with Gasteiger partial charge in [-0.05, 0) is 42.9 Å². The molecule has 1 atom stereocenters. The zero-order valence-corrected chi connectivity index (χ0v) is 16.3. The van der Waals surface area contributed by atoms with E-state index in [2.05, 4.69) is 32.8 Å². The molecule has 0 spiro atoms. The number of anilines is 1. The molecule has 1 aliphatic carbocycles. The number of benzene rings is 1. The van der Waals surface area contributed by atoms with E-state index in [1.165, 1.54) is 25.7 Å². The zero-order valence-electron chi connectivity index (χ0n) is 15.5. The summed E-state index contributed by atoms with van der Waals surface area (Å²) >= 11 is 1.63. The molecule has 0 saturated heterocycles.